The van der Waals surface area contributed by atoms with Crippen LogP contribution >= 0.6 is 0 Å². The lowest BCUT2D eigenvalue weighted by Gasteiger charge is -2.19. The van der Waals surface area contributed by atoms with Gasteiger partial charge in [0.25, 0.3) is 0 Å². The number of hydrogen-bond donors (Lipinski definition) is 0. The lowest BCUT2D eigenvalue weighted by Crippen LogP contribution is -2.03. The topological polar surface area (TPSA) is 77.3 Å². The molecule has 0 N–H and O–H groups in total. The SMILES string of the molecule is C/C=C\c1c(-c2nc(-c3c#cccc3)cc(-c3cccc4c(-c5cnc6c(ccc7cccnc76)c5)cccc34)n2)cccc1C(C)c1cnc2c(ccc3cccnc32)c1. The summed E-state index contributed by atoms with van der Waals surface area (Å²) in [6, 6.07) is 54.7. The van der Waals surface area contributed by atoms with E-state index in [1.54, 1.807) is 0 Å². The second-order valence-corrected chi connectivity index (χ2v) is 15.3. The number of hydrogen-bond acceptors (Lipinski definition) is 6. The van der Waals surface area contributed by atoms with E-state index < -0.39 is 0 Å². The number of pyridine rings is 4. The molecule has 61 heavy (non-hydrogen) atoms. The Hall–Kier alpha value is -8.14. The molecule has 0 amide bonds. The third-order valence-corrected chi connectivity index (χ3v) is 11.7. The van der Waals surface area contributed by atoms with Crippen LogP contribution in [0.2, 0.25) is 0 Å². The molecule has 0 bridgehead atoms. The summed E-state index contributed by atoms with van der Waals surface area (Å²) in [6.07, 6.45) is 11.9. The molecule has 6 aromatic carbocycles. The van der Waals surface area contributed by atoms with Gasteiger partial charge in [0.15, 0.2) is 5.82 Å². The minimum Gasteiger partial charge on any atom is -0.254 e. The lowest BCUT2D eigenvalue weighted by molar-refractivity contribution is 0.913. The highest BCUT2D eigenvalue weighted by atomic mass is 14.9. The van der Waals surface area contributed by atoms with Gasteiger partial charge in [-0.2, -0.15) is 0 Å². The maximum atomic E-state index is 5.40. The Labute approximate surface area is 353 Å². The molecule has 0 radical (unpaired) electrons. The molecule has 0 spiro atoms. The van der Waals surface area contributed by atoms with Gasteiger partial charge in [-0.25, -0.2) is 9.97 Å². The quantitative estimate of drug-likeness (QED) is 0.150. The summed E-state index contributed by atoms with van der Waals surface area (Å²) in [5.74, 6) is 0.659. The normalized spacial score (nSPS) is 12.2. The summed E-state index contributed by atoms with van der Waals surface area (Å²) in [5.41, 5.74) is 13.5. The van der Waals surface area contributed by atoms with E-state index in [0.717, 1.165) is 110 Å². The zero-order valence-corrected chi connectivity index (χ0v) is 33.5. The highest BCUT2D eigenvalue weighted by Gasteiger charge is 2.20. The Morgan fingerprint density at radius 3 is 1.92 bits per heavy atom. The van der Waals surface area contributed by atoms with Crippen LogP contribution in [0, 0.1) is 12.1 Å². The molecule has 286 valence electrons. The monoisotopic (exact) mass is 780 g/mol. The van der Waals surface area contributed by atoms with Crippen molar-refractivity contribution in [2.45, 2.75) is 19.8 Å². The summed E-state index contributed by atoms with van der Waals surface area (Å²) in [7, 11) is 0. The van der Waals surface area contributed by atoms with Crippen LogP contribution < -0.4 is 0 Å². The average Bonchev–Trinajstić information content (AvgIpc) is 3.33. The zero-order chi connectivity index (χ0) is 40.9. The summed E-state index contributed by atoms with van der Waals surface area (Å²) in [4.78, 5) is 29.8. The Morgan fingerprint density at radius 1 is 0.541 bits per heavy atom. The van der Waals surface area contributed by atoms with Crippen LogP contribution in [-0.4, -0.2) is 29.9 Å². The van der Waals surface area contributed by atoms with E-state index in [1.807, 2.05) is 55.1 Å². The molecule has 0 saturated heterocycles. The van der Waals surface area contributed by atoms with Gasteiger partial charge in [0, 0.05) is 68.9 Å². The molecule has 6 heteroatoms. The molecule has 11 aromatic rings. The van der Waals surface area contributed by atoms with Gasteiger partial charge in [-0.15, -0.1) is 0 Å². The largest absolute Gasteiger partial charge is 0.254 e. The minimum absolute atomic E-state index is 0.0262. The van der Waals surface area contributed by atoms with E-state index in [2.05, 4.69) is 157 Å². The molecule has 0 aliphatic carbocycles. The van der Waals surface area contributed by atoms with Gasteiger partial charge >= 0.3 is 0 Å². The van der Waals surface area contributed by atoms with Gasteiger partial charge in [0.1, 0.15) is 0 Å². The van der Waals surface area contributed by atoms with Crippen LogP contribution in [0.1, 0.15) is 36.5 Å². The molecule has 0 aliphatic heterocycles. The second-order valence-electron chi connectivity index (χ2n) is 15.3. The Bertz CT molecular complexity index is 3520. The van der Waals surface area contributed by atoms with Crippen LogP contribution in [0.5, 0.6) is 0 Å². The minimum atomic E-state index is 0.0262. The van der Waals surface area contributed by atoms with E-state index in [4.69, 9.17) is 19.9 Å². The number of benzene rings is 5. The predicted octanol–water partition coefficient (Wildman–Crippen LogP) is 13.3. The van der Waals surface area contributed by atoms with Crippen LogP contribution in [0.3, 0.4) is 0 Å². The van der Waals surface area contributed by atoms with Gasteiger partial charge in [-0.05, 0) is 82.4 Å². The first-order chi connectivity index (χ1) is 30.1. The van der Waals surface area contributed by atoms with Gasteiger partial charge < -0.3 is 0 Å². The van der Waals surface area contributed by atoms with E-state index in [0.29, 0.717) is 5.82 Å². The first-order valence-electron chi connectivity index (χ1n) is 20.4. The fourth-order valence-electron chi connectivity index (χ4n) is 8.69. The molecule has 11 rings (SSSR count). The molecule has 6 nitrogen and oxygen atoms in total. The van der Waals surface area contributed by atoms with Crippen molar-refractivity contribution in [1.29, 1.82) is 0 Å². The maximum absolute atomic E-state index is 5.40. The third-order valence-electron chi connectivity index (χ3n) is 11.7. The van der Waals surface area contributed by atoms with E-state index in [9.17, 15) is 0 Å². The smallest absolute Gasteiger partial charge is 0.161 e. The number of fused-ring (bicyclic) bond motifs is 7. The van der Waals surface area contributed by atoms with Crippen molar-refractivity contribution >= 4 is 60.5 Å². The number of aromatic nitrogens is 6. The number of rotatable bonds is 7. The van der Waals surface area contributed by atoms with Crippen molar-refractivity contribution in [3.8, 4) is 45.0 Å². The second kappa shape index (κ2) is 14.9. The fourth-order valence-corrected chi connectivity index (χ4v) is 8.69. The van der Waals surface area contributed by atoms with Crippen molar-refractivity contribution in [1.82, 2.24) is 29.9 Å². The van der Waals surface area contributed by atoms with Crippen molar-refractivity contribution < 1.29 is 0 Å². The van der Waals surface area contributed by atoms with Gasteiger partial charge in [0.05, 0.1) is 39.0 Å². The highest BCUT2D eigenvalue weighted by Crippen LogP contribution is 2.39. The number of nitrogens with zero attached hydrogens (tertiary/aromatic N) is 6. The lowest BCUT2D eigenvalue weighted by atomic mass is 9.87. The Morgan fingerprint density at radius 2 is 1.18 bits per heavy atom. The molecule has 1 unspecified atom stereocenters. The first kappa shape index (κ1) is 36.0. The third kappa shape index (κ3) is 6.32. The molecule has 0 fully saturated rings. The van der Waals surface area contributed by atoms with Crippen molar-refractivity contribution in [3.05, 3.63) is 199 Å². The molecule has 1 atom stereocenters. The van der Waals surface area contributed by atoms with Gasteiger partial charge in [0.2, 0.25) is 0 Å². The van der Waals surface area contributed by atoms with E-state index in [1.165, 1.54) is 0 Å². The van der Waals surface area contributed by atoms with Crippen molar-refractivity contribution in [2.24, 2.45) is 0 Å². The van der Waals surface area contributed by atoms with Gasteiger partial charge in [-0.1, -0.05) is 128 Å². The van der Waals surface area contributed by atoms with Crippen LogP contribution in [0.15, 0.2) is 170 Å². The number of allylic oxidation sites excluding steroid dienone is 1. The molecular weight excluding hydrogens is 745 g/mol. The molecule has 5 heterocycles. The van der Waals surface area contributed by atoms with Gasteiger partial charge in [-0.3, -0.25) is 19.9 Å². The van der Waals surface area contributed by atoms with Crippen molar-refractivity contribution in [2.75, 3.05) is 0 Å². The Kier molecular flexibility index (Phi) is 8.79. The van der Waals surface area contributed by atoms with Crippen LogP contribution in [0.4, 0.5) is 0 Å². The molecular formula is C55H36N6. The molecule has 0 saturated carbocycles. The predicted molar refractivity (Wildman–Crippen MR) is 249 cm³/mol. The fraction of sp³-hybridized carbons (Fsp3) is 0.0545. The molecule has 0 aliphatic rings. The van der Waals surface area contributed by atoms with E-state index in [-0.39, 0.29) is 5.92 Å². The summed E-state index contributed by atoms with van der Waals surface area (Å²) >= 11 is 0. The summed E-state index contributed by atoms with van der Waals surface area (Å²) < 4.78 is 0. The Balaban J connectivity index is 1.05. The highest BCUT2D eigenvalue weighted by molar-refractivity contribution is 6.07. The van der Waals surface area contributed by atoms with E-state index >= 15 is 0 Å². The summed E-state index contributed by atoms with van der Waals surface area (Å²) in [5, 5.41) is 6.47. The van der Waals surface area contributed by atoms with Crippen LogP contribution in [-0.2, 0) is 0 Å². The van der Waals surface area contributed by atoms with Crippen molar-refractivity contribution in [3.63, 3.8) is 0 Å². The first-order valence-corrected chi connectivity index (χ1v) is 20.4. The molecule has 5 aromatic heterocycles. The maximum Gasteiger partial charge on any atom is 0.161 e. The zero-order valence-electron chi connectivity index (χ0n) is 33.5. The standard InChI is InChI=1S/C55H36N6/c1-3-12-44-42(34(2)40-29-38-25-23-36-15-10-27-56-51(36)53(38)58-32-40)17-7-22-48(44)55-60-49(35-13-5-4-6-14-35)31-50(61-55)47-21-9-19-45-43(18-8-20-46(45)47)41-30-39-26-24-37-16-11-28-57-52(37)54(39)59-33-41/h3-5,7-13,15-34H,1-2H3/b12-3-. The average molecular weight is 781 g/mol. The van der Waals surface area contributed by atoms with Crippen LogP contribution in [0.25, 0.3) is 105 Å². The summed E-state index contributed by atoms with van der Waals surface area (Å²) in [6.45, 7) is 4.29.